The van der Waals surface area contributed by atoms with Gasteiger partial charge in [-0.05, 0) is 39.0 Å². The van der Waals surface area contributed by atoms with Crippen LogP contribution in [0.3, 0.4) is 0 Å². The first-order valence-corrected chi connectivity index (χ1v) is 5.11. The van der Waals surface area contributed by atoms with Crippen molar-refractivity contribution in [2.45, 2.75) is 32.5 Å². The molecule has 0 heterocycles. The van der Waals surface area contributed by atoms with Gasteiger partial charge in [-0.25, -0.2) is 9.18 Å². The van der Waals surface area contributed by atoms with Crippen LogP contribution in [-0.2, 0) is 10.9 Å². The lowest BCUT2D eigenvalue weighted by Gasteiger charge is -2.19. The van der Waals surface area contributed by atoms with Crippen LogP contribution in [0.4, 0.5) is 17.6 Å². The van der Waals surface area contributed by atoms with E-state index in [2.05, 4.69) is 0 Å². The van der Waals surface area contributed by atoms with Gasteiger partial charge < -0.3 is 4.74 Å². The lowest BCUT2D eigenvalue weighted by molar-refractivity contribution is -0.137. The number of alkyl halides is 3. The van der Waals surface area contributed by atoms with E-state index in [-0.39, 0.29) is 6.07 Å². The molecule has 2 nitrogen and oxygen atoms in total. The molecule has 0 aromatic heterocycles. The Morgan fingerprint density at radius 1 is 1.17 bits per heavy atom. The number of ether oxygens (including phenoxy) is 1. The van der Waals surface area contributed by atoms with Crippen LogP contribution < -0.4 is 0 Å². The molecule has 0 amide bonds. The zero-order valence-electron chi connectivity index (χ0n) is 10.1. The molecule has 0 unspecified atom stereocenters. The van der Waals surface area contributed by atoms with Crippen molar-refractivity contribution in [2.75, 3.05) is 0 Å². The standard InChI is InChI=1S/C12H12F4O2/c1-11(2,3)18-10(17)8-5-4-7(6-9(8)13)12(14,15)16/h4-6H,1-3H3. The van der Waals surface area contributed by atoms with Gasteiger partial charge in [-0.15, -0.1) is 0 Å². The number of carbonyl (C=O) groups excluding carboxylic acids is 1. The summed E-state index contributed by atoms with van der Waals surface area (Å²) in [6.07, 6.45) is -4.65. The maximum Gasteiger partial charge on any atom is 0.416 e. The highest BCUT2D eigenvalue weighted by Crippen LogP contribution is 2.30. The van der Waals surface area contributed by atoms with Crippen molar-refractivity contribution >= 4 is 5.97 Å². The molecule has 0 aliphatic heterocycles. The number of hydrogen-bond acceptors (Lipinski definition) is 2. The Hall–Kier alpha value is -1.59. The van der Waals surface area contributed by atoms with E-state index in [9.17, 15) is 22.4 Å². The van der Waals surface area contributed by atoms with Crippen LogP contribution in [0.5, 0.6) is 0 Å². The summed E-state index contributed by atoms with van der Waals surface area (Å²) in [5, 5.41) is 0. The molecule has 1 aromatic rings. The number of esters is 1. The van der Waals surface area contributed by atoms with Crippen LogP contribution in [0, 0.1) is 5.82 Å². The van der Waals surface area contributed by atoms with Crippen LogP contribution >= 0.6 is 0 Å². The molecule has 0 saturated carbocycles. The molecule has 100 valence electrons. The van der Waals surface area contributed by atoms with Gasteiger partial charge in [0.1, 0.15) is 11.4 Å². The van der Waals surface area contributed by atoms with E-state index in [1.54, 1.807) is 20.8 Å². The molecular weight excluding hydrogens is 252 g/mol. The summed E-state index contributed by atoms with van der Waals surface area (Å²) in [5.41, 5.74) is -2.50. The molecule has 0 fully saturated rings. The van der Waals surface area contributed by atoms with Crippen molar-refractivity contribution in [1.82, 2.24) is 0 Å². The second-order valence-corrected chi connectivity index (χ2v) is 4.69. The molecule has 0 saturated heterocycles. The Bertz CT molecular complexity index is 458. The average Bonchev–Trinajstić information content (AvgIpc) is 2.12. The SMILES string of the molecule is CC(C)(C)OC(=O)c1ccc(C(F)(F)F)cc1F. The smallest absolute Gasteiger partial charge is 0.416 e. The largest absolute Gasteiger partial charge is 0.456 e. The quantitative estimate of drug-likeness (QED) is 0.569. The summed E-state index contributed by atoms with van der Waals surface area (Å²) in [6.45, 7) is 4.73. The van der Waals surface area contributed by atoms with Gasteiger partial charge >= 0.3 is 12.1 Å². The molecule has 1 rings (SSSR count). The minimum absolute atomic E-state index is 0.277. The van der Waals surface area contributed by atoms with E-state index in [4.69, 9.17) is 4.74 Å². The summed E-state index contributed by atoms with van der Waals surface area (Å²) in [4.78, 5) is 11.5. The Morgan fingerprint density at radius 3 is 2.11 bits per heavy atom. The minimum atomic E-state index is -4.65. The van der Waals surface area contributed by atoms with E-state index < -0.39 is 34.7 Å². The Labute approximate surface area is 102 Å². The van der Waals surface area contributed by atoms with Gasteiger partial charge in [0.05, 0.1) is 11.1 Å². The first-order chi connectivity index (χ1) is 8.00. The van der Waals surface area contributed by atoms with Crippen LogP contribution in [0.15, 0.2) is 18.2 Å². The highest BCUT2D eigenvalue weighted by Gasteiger charge is 2.32. The zero-order chi connectivity index (χ0) is 14.1. The maximum atomic E-state index is 13.4. The predicted molar refractivity (Wildman–Crippen MR) is 56.6 cm³/mol. The van der Waals surface area contributed by atoms with Gasteiger partial charge in [0.25, 0.3) is 0 Å². The minimum Gasteiger partial charge on any atom is -0.456 e. The third kappa shape index (κ3) is 3.72. The van der Waals surface area contributed by atoms with E-state index in [0.29, 0.717) is 6.07 Å². The number of rotatable bonds is 1. The predicted octanol–water partition coefficient (Wildman–Crippen LogP) is 3.80. The van der Waals surface area contributed by atoms with Crippen molar-refractivity contribution in [3.8, 4) is 0 Å². The second kappa shape index (κ2) is 4.59. The fraction of sp³-hybridized carbons (Fsp3) is 0.417. The number of carbonyl (C=O) groups is 1. The maximum absolute atomic E-state index is 13.4. The summed E-state index contributed by atoms with van der Waals surface area (Å²) < 4.78 is 55.1. The van der Waals surface area contributed by atoms with Crippen LogP contribution in [-0.4, -0.2) is 11.6 Å². The van der Waals surface area contributed by atoms with Crippen LogP contribution in [0.25, 0.3) is 0 Å². The lowest BCUT2D eigenvalue weighted by atomic mass is 10.1. The first kappa shape index (κ1) is 14.5. The summed E-state index contributed by atoms with van der Waals surface area (Å²) >= 11 is 0. The number of hydrogen-bond donors (Lipinski definition) is 0. The molecule has 0 N–H and O–H groups in total. The van der Waals surface area contributed by atoms with Gasteiger partial charge in [-0.2, -0.15) is 13.2 Å². The van der Waals surface area contributed by atoms with Gasteiger partial charge in [0, 0.05) is 0 Å². The Balaban J connectivity index is 3.03. The topological polar surface area (TPSA) is 26.3 Å². The monoisotopic (exact) mass is 264 g/mol. The van der Waals surface area contributed by atoms with E-state index in [1.807, 2.05) is 0 Å². The third-order valence-electron chi connectivity index (χ3n) is 1.92. The molecular formula is C12H12F4O2. The van der Waals surface area contributed by atoms with Gasteiger partial charge in [-0.1, -0.05) is 0 Å². The highest BCUT2D eigenvalue weighted by atomic mass is 19.4. The molecule has 0 radical (unpaired) electrons. The Morgan fingerprint density at radius 2 is 1.72 bits per heavy atom. The van der Waals surface area contributed by atoms with Crippen molar-refractivity contribution in [2.24, 2.45) is 0 Å². The van der Waals surface area contributed by atoms with Crippen LogP contribution in [0.2, 0.25) is 0 Å². The zero-order valence-corrected chi connectivity index (χ0v) is 10.1. The van der Waals surface area contributed by atoms with E-state index >= 15 is 0 Å². The summed E-state index contributed by atoms with van der Waals surface area (Å²) in [5.74, 6) is -2.24. The number of benzene rings is 1. The number of halogens is 4. The van der Waals surface area contributed by atoms with Gasteiger partial charge in [0.2, 0.25) is 0 Å². The summed E-state index contributed by atoms with van der Waals surface area (Å²) in [7, 11) is 0. The normalized spacial score (nSPS) is 12.4. The van der Waals surface area contributed by atoms with E-state index in [1.165, 1.54) is 0 Å². The average molecular weight is 264 g/mol. The fourth-order valence-corrected chi connectivity index (χ4v) is 1.19. The molecule has 0 aliphatic rings. The van der Waals surface area contributed by atoms with Crippen molar-refractivity contribution in [1.29, 1.82) is 0 Å². The van der Waals surface area contributed by atoms with Gasteiger partial charge in [0.15, 0.2) is 0 Å². The van der Waals surface area contributed by atoms with Gasteiger partial charge in [-0.3, -0.25) is 0 Å². The molecule has 18 heavy (non-hydrogen) atoms. The van der Waals surface area contributed by atoms with E-state index in [0.717, 1.165) is 6.07 Å². The van der Waals surface area contributed by atoms with Crippen molar-refractivity contribution in [3.05, 3.63) is 35.1 Å². The summed E-state index contributed by atoms with van der Waals surface area (Å²) in [6, 6.07) is 1.69. The van der Waals surface area contributed by atoms with Crippen LogP contribution in [0.1, 0.15) is 36.7 Å². The highest BCUT2D eigenvalue weighted by molar-refractivity contribution is 5.90. The molecule has 0 spiro atoms. The molecule has 6 heteroatoms. The second-order valence-electron chi connectivity index (χ2n) is 4.69. The van der Waals surface area contributed by atoms with Crippen molar-refractivity contribution < 1.29 is 27.1 Å². The third-order valence-corrected chi connectivity index (χ3v) is 1.92. The Kier molecular flexibility index (Phi) is 3.69. The fourth-order valence-electron chi connectivity index (χ4n) is 1.19. The molecule has 0 aliphatic carbocycles. The first-order valence-electron chi connectivity index (χ1n) is 5.11. The molecule has 0 atom stereocenters. The molecule has 1 aromatic carbocycles. The lowest BCUT2D eigenvalue weighted by Crippen LogP contribution is -2.24. The molecule has 0 bridgehead atoms. The van der Waals surface area contributed by atoms with Crippen molar-refractivity contribution in [3.63, 3.8) is 0 Å².